The van der Waals surface area contributed by atoms with Crippen molar-refractivity contribution in [3.8, 4) is 0 Å². The van der Waals surface area contributed by atoms with E-state index in [2.05, 4.69) is 27.7 Å². The highest BCUT2D eigenvalue weighted by atomic mass is 14.3. The molecule has 1 aliphatic carbocycles. The van der Waals surface area contributed by atoms with Crippen molar-refractivity contribution in [3.05, 3.63) is 11.1 Å². The topological polar surface area (TPSA) is 0 Å². The first-order chi connectivity index (χ1) is 5.65. The van der Waals surface area contributed by atoms with Crippen LogP contribution in [0, 0.1) is 11.8 Å². The van der Waals surface area contributed by atoms with Gasteiger partial charge in [0, 0.05) is 0 Å². The van der Waals surface area contributed by atoms with Crippen molar-refractivity contribution < 1.29 is 0 Å². The molecule has 0 bridgehead atoms. The first-order valence-electron chi connectivity index (χ1n) is 5.30. The molecule has 0 nitrogen and oxygen atoms in total. The summed E-state index contributed by atoms with van der Waals surface area (Å²) < 4.78 is 0. The lowest BCUT2D eigenvalue weighted by Gasteiger charge is -2.28. The second-order valence-electron chi connectivity index (χ2n) is 4.45. The van der Waals surface area contributed by atoms with E-state index in [4.69, 9.17) is 0 Å². The normalized spacial score (nSPS) is 27.5. The van der Waals surface area contributed by atoms with E-state index >= 15 is 0 Å². The van der Waals surface area contributed by atoms with Crippen LogP contribution in [0.1, 0.15) is 53.4 Å². The molecule has 0 aromatic heterocycles. The minimum atomic E-state index is 0.924. The second kappa shape index (κ2) is 4.11. The third-order valence-electron chi connectivity index (χ3n) is 3.64. The van der Waals surface area contributed by atoms with Gasteiger partial charge in [0.2, 0.25) is 0 Å². The Balaban J connectivity index is 2.54. The van der Waals surface area contributed by atoms with Crippen molar-refractivity contribution >= 4 is 0 Å². The molecule has 0 aromatic rings. The minimum Gasteiger partial charge on any atom is -0.0744 e. The summed E-state index contributed by atoms with van der Waals surface area (Å²) in [4.78, 5) is 0. The molecule has 0 spiro atoms. The fourth-order valence-corrected chi connectivity index (χ4v) is 2.10. The second-order valence-corrected chi connectivity index (χ2v) is 4.45. The van der Waals surface area contributed by atoms with Crippen molar-refractivity contribution in [2.75, 3.05) is 0 Å². The van der Waals surface area contributed by atoms with Crippen LogP contribution in [-0.2, 0) is 0 Å². The van der Waals surface area contributed by atoms with Gasteiger partial charge >= 0.3 is 0 Å². The first kappa shape index (κ1) is 9.83. The smallest absolute Gasteiger partial charge is 0.0289 e. The monoisotopic (exact) mass is 166 g/mol. The maximum Gasteiger partial charge on any atom is -0.0289 e. The summed E-state index contributed by atoms with van der Waals surface area (Å²) in [5.74, 6) is 1.90. The molecule has 2 unspecified atom stereocenters. The predicted molar refractivity (Wildman–Crippen MR) is 55.2 cm³/mol. The van der Waals surface area contributed by atoms with Gasteiger partial charge in [0.15, 0.2) is 0 Å². The SMILES string of the molecule is CCC(C)C1CCC(C)=C(C)C1. The van der Waals surface area contributed by atoms with Crippen molar-refractivity contribution in [2.24, 2.45) is 11.8 Å². The lowest BCUT2D eigenvalue weighted by Crippen LogP contribution is -2.15. The molecule has 0 aromatic carbocycles. The van der Waals surface area contributed by atoms with Gasteiger partial charge in [-0.15, -0.1) is 0 Å². The average molecular weight is 166 g/mol. The van der Waals surface area contributed by atoms with Crippen LogP contribution in [0.3, 0.4) is 0 Å². The largest absolute Gasteiger partial charge is 0.0744 e. The van der Waals surface area contributed by atoms with Crippen LogP contribution in [0.2, 0.25) is 0 Å². The van der Waals surface area contributed by atoms with Gasteiger partial charge in [-0.3, -0.25) is 0 Å². The summed E-state index contributed by atoms with van der Waals surface area (Å²) in [6.07, 6.45) is 5.48. The van der Waals surface area contributed by atoms with Gasteiger partial charge in [-0.1, -0.05) is 31.4 Å². The number of hydrogen-bond donors (Lipinski definition) is 0. The lowest BCUT2D eigenvalue weighted by molar-refractivity contribution is 0.311. The average Bonchev–Trinajstić information content (AvgIpc) is 2.08. The number of allylic oxidation sites excluding steroid dienone is 2. The molecule has 0 heteroatoms. The van der Waals surface area contributed by atoms with E-state index in [0.717, 1.165) is 11.8 Å². The third kappa shape index (κ3) is 2.12. The molecule has 0 aliphatic heterocycles. The highest BCUT2D eigenvalue weighted by molar-refractivity contribution is 5.13. The van der Waals surface area contributed by atoms with Crippen molar-refractivity contribution in [1.82, 2.24) is 0 Å². The van der Waals surface area contributed by atoms with E-state index in [1.54, 1.807) is 11.1 Å². The van der Waals surface area contributed by atoms with Crippen LogP contribution in [0.25, 0.3) is 0 Å². The van der Waals surface area contributed by atoms with Crippen LogP contribution in [0.15, 0.2) is 11.1 Å². The first-order valence-corrected chi connectivity index (χ1v) is 5.30. The molecule has 2 atom stereocenters. The molecule has 0 radical (unpaired) electrons. The Hall–Kier alpha value is -0.260. The zero-order chi connectivity index (χ0) is 9.14. The Bertz CT molecular complexity index is 176. The Morgan fingerprint density at radius 3 is 2.50 bits per heavy atom. The zero-order valence-corrected chi connectivity index (χ0v) is 8.98. The third-order valence-corrected chi connectivity index (χ3v) is 3.64. The van der Waals surface area contributed by atoms with Gasteiger partial charge in [0.25, 0.3) is 0 Å². The fraction of sp³-hybridized carbons (Fsp3) is 0.833. The van der Waals surface area contributed by atoms with Crippen LogP contribution in [0.5, 0.6) is 0 Å². The molecule has 0 amide bonds. The zero-order valence-electron chi connectivity index (χ0n) is 8.98. The molecular weight excluding hydrogens is 144 g/mol. The standard InChI is InChI=1S/C12H22/c1-5-9(2)12-7-6-10(3)11(4)8-12/h9,12H,5-8H2,1-4H3. The Labute approximate surface area is 77.1 Å². The van der Waals surface area contributed by atoms with Crippen molar-refractivity contribution in [1.29, 1.82) is 0 Å². The van der Waals surface area contributed by atoms with Gasteiger partial charge in [-0.05, 0) is 44.9 Å². The molecule has 0 saturated heterocycles. The highest BCUT2D eigenvalue weighted by Crippen LogP contribution is 2.34. The van der Waals surface area contributed by atoms with Gasteiger partial charge in [0.1, 0.15) is 0 Å². The summed E-state index contributed by atoms with van der Waals surface area (Å²) in [5.41, 5.74) is 3.31. The van der Waals surface area contributed by atoms with Crippen LogP contribution in [-0.4, -0.2) is 0 Å². The lowest BCUT2D eigenvalue weighted by atomic mass is 9.77. The Morgan fingerprint density at radius 2 is 2.00 bits per heavy atom. The summed E-state index contributed by atoms with van der Waals surface area (Å²) >= 11 is 0. The molecule has 1 rings (SSSR count). The Kier molecular flexibility index (Phi) is 3.37. The quantitative estimate of drug-likeness (QED) is 0.540. The van der Waals surface area contributed by atoms with Gasteiger partial charge in [0.05, 0.1) is 0 Å². The van der Waals surface area contributed by atoms with Crippen LogP contribution in [0.4, 0.5) is 0 Å². The van der Waals surface area contributed by atoms with E-state index in [0.29, 0.717) is 0 Å². The number of rotatable bonds is 2. The summed E-state index contributed by atoms with van der Waals surface area (Å²) in [6.45, 7) is 9.32. The maximum absolute atomic E-state index is 2.40. The van der Waals surface area contributed by atoms with Crippen molar-refractivity contribution in [2.45, 2.75) is 53.4 Å². The molecule has 0 saturated carbocycles. The van der Waals surface area contributed by atoms with E-state index < -0.39 is 0 Å². The number of hydrogen-bond acceptors (Lipinski definition) is 0. The molecular formula is C12H22. The minimum absolute atomic E-state index is 0.924. The highest BCUT2D eigenvalue weighted by Gasteiger charge is 2.20. The Morgan fingerprint density at radius 1 is 1.33 bits per heavy atom. The maximum atomic E-state index is 2.40. The van der Waals surface area contributed by atoms with Crippen LogP contribution >= 0.6 is 0 Å². The van der Waals surface area contributed by atoms with Gasteiger partial charge < -0.3 is 0 Å². The summed E-state index contributed by atoms with van der Waals surface area (Å²) in [5, 5.41) is 0. The molecule has 70 valence electrons. The predicted octanol–water partition coefficient (Wildman–Crippen LogP) is 4.17. The molecule has 0 fully saturated rings. The van der Waals surface area contributed by atoms with Gasteiger partial charge in [-0.2, -0.15) is 0 Å². The van der Waals surface area contributed by atoms with Crippen LogP contribution < -0.4 is 0 Å². The van der Waals surface area contributed by atoms with E-state index in [1.807, 2.05) is 0 Å². The molecule has 0 N–H and O–H groups in total. The molecule has 12 heavy (non-hydrogen) atoms. The summed E-state index contributed by atoms with van der Waals surface area (Å²) in [6, 6.07) is 0. The van der Waals surface area contributed by atoms with Crippen molar-refractivity contribution in [3.63, 3.8) is 0 Å². The van der Waals surface area contributed by atoms with E-state index in [9.17, 15) is 0 Å². The van der Waals surface area contributed by atoms with E-state index in [-0.39, 0.29) is 0 Å². The fourth-order valence-electron chi connectivity index (χ4n) is 2.10. The molecule has 0 heterocycles. The summed E-state index contributed by atoms with van der Waals surface area (Å²) in [7, 11) is 0. The van der Waals surface area contributed by atoms with E-state index in [1.165, 1.54) is 25.7 Å². The van der Waals surface area contributed by atoms with Gasteiger partial charge in [-0.25, -0.2) is 0 Å². The molecule has 1 aliphatic rings.